The number of halogens is 3. The number of carbonyl (C=O) groups is 1. The lowest BCUT2D eigenvalue weighted by Gasteiger charge is -2.17. The molecule has 0 saturated heterocycles. The zero-order valence-corrected chi connectivity index (χ0v) is 22.3. The molecular weight excluding hydrogens is 540 g/mol. The molecule has 0 saturated carbocycles. The lowest BCUT2D eigenvalue weighted by atomic mass is 9.91. The Kier molecular flexibility index (Phi) is 7.55. The van der Waals surface area contributed by atoms with Gasteiger partial charge in [-0.15, -0.1) is 0 Å². The van der Waals surface area contributed by atoms with E-state index in [9.17, 15) is 22.0 Å². The van der Waals surface area contributed by atoms with Gasteiger partial charge < -0.3 is 15.2 Å². The van der Waals surface area contributed by atoms with Crippen LogP contribution in [0.15, 0.2) is 47.5 Å². The van der Waals surface area contributed by atoms with Gasteiger partial charge in [0, 0.05) is 18.3 Å². The highest BCUT2D eigenvalue weighted by Crippen LogP contribution is 2.44. The van der Waals surface area contributed by atoms with E-state index >= 15 is 0 Å². The first-order valence-corrected chi connectivity index (χ1v) is 13.5. The number of nitrogens with one attached hydrogen (secondary N) is 1. The number of hydrogen-bond acceptors (Lipinski definition) is 8. The van der Waals surface area contributed by atoms with Gasteiger partial charge >= 0.3 is 0 Å². The van der Waals surface area contributed by atoms with E-state index < -0.39 is 43.5 Å². The molecule has 1 aliphatic rings. The number of ketones is 1. The Hall–Kier alpha value is -3.41. The number of nitrogens with zero attached hydrogens (tertiary/aromatic N) is 2. The standard InChI is InChI=1S/C26H24ClF2N3O5S/c1-14-10-15(13-38(35,36)20-12-16(28)4-5-18(20)29)22(27)17(11-14)21-23(37-26(2,3)24(21)34)19-6-7-30-25(32-19)31-8-9-33/h4-7,10-12,33H,8-9,13H2,1-3H3,(H,30,31,32). The fraction of sp³-hybridized carbons (Fsp3) is 0.269. The summed E-state index contributed by atoms with van der Waals surface area (Å²) in [6.45, 7) is 4.90. The molecule has 0 atom stereocenters. The summed E-state index contributed by atoms with van der Waals surface area (Å²) >= 11 is 6.69. The summed E-state index contributed by atoms with van der Waals surface area (Å²) < 4.78 is 60.1. The van der Waals surface area contributed by atoms with Crippen molar-refractivity contribution in [1.29, 1.82) is 0 Å². The molecular formula is C26H24ClF2N3O5S. The van der Waals surface area contributed by atoms with Crippen LogP contribution in [0.2, 0.25) is 5.02 Å². The maximum absolute atomic E-state index is 14.3. The van der Waals surface area contributed by atoms with Crippen molar-refractivity contribution in [3.05, 3.63) is 81.6 Å². The topological polar surface area (TPSA) is 118 Å². The average Bonchev–Trinajstić information content (AvgIpc) is 3.10. The smallest absolute Gasteiger partial charge is 0.223 e. The van der Waals surface area contributed by atoms with Gasteiger partial charge in [-0.25, -0.2) is 27.2 Å². The van der Waals surface area contributed by atoms with E-state index in [0.29, 0.717) is 11.6 Å². The molecule has 8 nitrogen and oxygen atoms in total. The molecule has 2 N–H and O–H groups in total. The van der Waals surface area contributed by atoms with Crippen molar-refractivity contribution in [3.63, 3.8) is 0 Å². The third-order valence-corrected chi connectivity index (χ3v) is 7.90. The summed E-state index contributed by atoms with van der Waals surface area (Å²) in [6.07, 6.45) is 1.45. The summed E-state index contributed by atoms with van der Waals surface area (Å²) in [5.74, 6) is -2.81. The van der Waals surface area contributed by atoms with E-state index in [0.717, 1.165) is 12.1 Å². The van der Waals surface area contributed by atoms with Crippen molar-refractivity contribution < 1.29 is 31.8 Å². The van der Waals surface area contributed by atoms with Gasteiger partial charge in [-0.05, 0) is 56.7 Å². The summed E-state index contributed by atoms with van der Waals surface area (Å²) in [5, 5.41) is 11.9. The zero-order valence-electron chi connectivity index (χ0n) is 20.7. The number of benzene rings is 2. The Labute approximate surface area is 223 Å². The van der Waals surface area contributed by atoms with Gasteiger partial charge in [0.15, 0.2) is 21.2 Å². The molecule has 0 spiro atoms. The van der Waals surface area contributed by atoms with Gasteiger partial charge in [-0.3, -0.25) is 4.79 Å². The lowest BCUT2D eigenvalue weighted by Crippen LogP contribution is -2.29. The average molecular weight is 564 g/mol. The molecule has 2 heterocycles. The lowest BCUT2D eigenvalue weighted by molar-refractivity contribution is -0.125. The van der Waals surface area contributed by atoms with Crippen LogP contribution in [-0.4, -0.2) is 48.0 Å². The number of hydrogen-bond donors (Lipinski definition) is 2. The summed E-state index contributed by atoms with van der Waals surface area (Å²) in [6, 6.07) is 6.84. The van der Waals surface area contributed by atoms with E-state index in [4.69, 9.17) is 21.4 Å². The Bertz CT molecular complexity index is 1580. The highest BCUT2D eigenvalue weighted by Gasteiger charge is 2.44. The van der Waals surface area contributed by atoms with Crippen molar-refractivity contribution >= 4 is 44.5 Å². The zero-order chi connectivity index (χ0) is 27.8. The number of aryl methyl sites for hydroxylation is 1. The molecule has 0 unspecified atom stereocenters. The van der Waals surface area contributed by atoms with Crippen molar-refractivity contribution in [1.82, 2.24) is 9.97 Å². The largest absolute Gasteiger partial charge is 0.477 e. The van der Waals surface area contributed by atoms with E-state index in [2.05, 4.69) is 15.3 Å². The number of rotatable bonds is 8. The van der Waals surface area contributed by atoms with Crippen LogP contribution in [0.3, 0.4) is 0 Å². The predicted molar refractivity (Wildman–Crippen MR) is 138 cm³/mol. The number of anilines is 1. The second-order valence-electron chi connectivity index (χ2n) is 9.18. The summed E-state index contributed by atoms with van der Waals surface area (Å²) in [4.78, 5) is 21.2. The van der Waals surface area contributed by atoms with Crippen LogP contribution >= 0.6 is 11.6 Å². The number of ether oxygens (including phenoxy) is 1. The number of carbonyl (C=O) groups excluding carboxylic acids is 1. The quantitative estimate of drug-likeness (QED) is 0.415. The van der Waals surface area contributed by atoms with Gasteiger partial charge in [-0.1, -0.05) is 23.2 Å². The van der Waals surface area contributed by atoms with Crippen LogP contribution in [0.4, 0.5) is 14.7 Å². The molecule has 0 fully saturated rings. The number of Topliss-reactive ketones (excluding diaryl/α,β-unsaturated/α-hetero) is 1. The van der Waals surface area contributed by atoms with E-state index in [1.54, 1.807) is 26.8 Å². The van der Waals surface area contributed by atoms with Crippen molar-refractivity contribution in [2.75, 3.05) is 18.5 Å². The first-order chi connectivity index (χ1) is 17.8. The molecule has 12 heteroatoms. The Balaban J connectivity index is 1.85. The molecule has 200 valence electrons. The highest BCUT2D eigenvalue weighted by atomic mass is 35.5. The molecule has 3 aromatic rings. The molecule has 1 aromatic heterocycles. The second kappa shape index (κ2) is 10.4. The highest BCUT2D eigenvalue weighted by molar-refractivity contribution is 7.90. The molecule has 0 radical (unpaired) electrons. The first-order valence-electron chi connectivity index (χ1n) is 11.5. The fourth-order valence-electron chi connectivity index (χ4n) is 4.05. The molecule has 4 rings (SSSR count). The third kappa shape index (κ3) is 5.40. The molecule has 0 bridgehead atoms. The molecule has 0 amide bonds. The van der Waals surface area contributed by atoms with Crippen LogP contribution in [0, 0.1) is 18.6 Å². The SMILES string of the molecule is Cc1cc(CS(=O)(=O)c2cc(F)ccc2F)c(Cl)c(C2=C(c3ccnc(NCCO)n3)OC(C)(C)C2=O)c1. The summed E-state index contributed by atoms with van der Waals surface area (Å²) in [7, 11) is -4.34. The minimum Gasteiger partial charge on any atom is -0.477 e. The molecule has 2 aromatic carbocycles. The predicted octanol–water partition coefficient (Wildman–Crippen LogP) is 4.34. The normalized spacial score (nSPS) is 15.1. The number of aliphatic hydroxyl groups is 1. The fourth-order valence-corrected chi connectivity index (χ4v) is 5.85. The number of aliphatic hydroxyl groups excluding tert-OH is 1. The van der Waals surface area contributed by atoms with Gasteiger partial charge in [0.1, 0.15) is 22.2 Å². The molecule has 38 heavy (non-hydrogen) atoms. The van der Waals surface area contributed by atoms with Gasteiger partial charge in [0.05, 0.1) is 23.0 Å². The number of sulfone groups is 1. The monoisotopic (exact) mass is 563 g/mol. The van der Waals surface area contributed by atoms with Crippen molar-refractivity contribution in [2.45, 2.75) is 37.0 Å². The van der Waals surface area contributed by atoms with Crippen molar-refractivity contribution in [2.24, 2.45) is 0 Å². The van der Waals surface area contributed by atoms with E-state index in [1.165, 1.54) is 18.3 Å². The Morgan fingerprint density at radius 2 is 1.89 bits per heavy atom. The van der Waals surface area contributed by atoms with Crippen molar-refractivity contribution in [3.8, 4) is 0 Å². The van der Waals surface area contributed by atoms with Gasteiger partial charge in [0.25, 0.3) is 0 Å². The van der Waals surface area contributed by atoms with Gasteiger partial charge in [-0.2, -0.15) is 0 Å². The van der Waals surface area contributed by atoms with Crippen LogP contribution in [0.1, 0.15) is 36.2 Å². The van der Waals surface area contributed by atoms with E-state index in [1.807, 2.05) is 0 Å². The Morgan fingerprint density at radius 1 is 1.16 bits per heavy atom. The Morgan fingerprint density at radius 3 is 2.61 bits per heavy atom. The first kappa shape index (κ1) is 27.6. The van der Waals surface area contributed by atoms with Gasteiger partial charge in [0.2, 0.25) is 11.7 Å². The maximum Gasteiger partial charge on any atom is 0.223 e. The second-order valence-corrected chi connectivity index (χ2v) is 11.5. The minimum atomic E-state index is -4.34. The molecule has 0 aliphatic carbocycles. The maximum atomic E-state index is 14.3. The van der Waals surface area contributed by atoms with Crippen LogP contribution in [-0.2, 0) is 25.1 Å². The third-order valence-electron chi connectivity index (χ3n) is 5.78. The van der Waals surface area contributed by atoms with E-state index in [-0.39, 0.29) is 52.3 Å². The number of aromatic nitrogens is 2. The van der Waals surface area contributed by atoms with Crippen LogP contribution in [0.25, 0.3) is 11.3 Å². The summed E-state index contributed by atoms with van der Waals surface area (Å²) in [5.41, 5.74) is -0.0350. The minimum absolute atomic E-state index is 0.0502. The molecule has 1 aliphatic heterocycles. The van der Waals surface area contributed by atoms with Crippen LogP contribution in [0.5, 0.6) is 0 Å². The van der Waals surface area contributed by atoms with Crippen LogP contribution < -0.4 is 5.32 Å².